The van der Waals surface area contributed by atoms with Gasteiger partial charge in [0, 0.05) is 17.0 Å². The average molecular weight is 446 g/mol. The number of nitrogens with one attached hydrogen (secondary N) is 2. The molecule has 3 aromatic rings. The highest BCUT2D eigenvalue weighted by Gasteiger charge is 2.17. The number of anilines is 2. The number of hydrogen-bond donors (Lipinski definition) is 2. The molecule has 0 bridgehead atoms. The van der Waals surface area contributed by atoms with Crippen molar-refractivity contribution in [2.45, 2.75) is 38.3 Å². The number of nitrogens with zero attached hydrogens (tertiary/aromatic N) is 1. The molecule has 0 spiro atoms. The molecule has 1 amide bonds. The van der Waals surface area contributed by atoms with E-state index in [1.54, 1.807) is 50.3 Å². The molecule has 30 heavy (non-hydrogen) atoms. The van der Waals surface area contributed by atoms with Crippen molar-refractivity contribution >= 4 is 50.8 Å². The van der Waals surface area contributed by atoms with Gasteiger partial charge in [0.2, 0.25) is 5.91 Å². The van der Waals surface area contributed by atoms with Crippen LogP contribution in [0.15, 0.2) is 39.1 Å². The number of aromatic nitrogens is 1. The van der Waals surface area contributed by atoms with E-state index in [1.165, 1.54) is 0 Å². The van der Waals surface area contributed by atoms with Crippen LogP contribution in [0.1, 0.15) is 40.8 Å². The molecule has 1 aromatic carbocycles. The summed E-state index contributed by atoms with van der Waals surface area (Å²) in [7, 11) is -3.69. The van der Waals surface area contributed by atoms with Crippen molar-refractivity contribution in [3.8, 4) is 0 Å². The van der Waals surface area contributed by atoms with Crippen molar-refractivity contribution in [2.75, 3.05) is 10.0 Å². The highest BCUT2D eigenvalue weighted by molar-refractivity contribution is 7.94. The van der Waals surface area contributed by atoms with Crippen molar-refractivity contribution in [3.05, 3.63) is 57.8 Å². The minimum Gasteiger partial charge on any atom is -0.354 e. The first-order valence-corrected chi connectivity index (χ1v) is 11.6. The number of sulfonamides is 1. The van der Waals surface area contributed by atoms with Crippen molar-refractivity contribution in [2.24, 2.45) is 0 Å². The van der Waals surface area contributed by atoms with Gasteiger partial charge in [-0.15, -0.1) is 11.3 Å². The SMILES string of the molecule is CCC(=O)Nc1c(C)noc1/C=C/c1ccc(S(=O)(=O)Nc2ccc(C)c(C)c2)s1. The fourth-order valence-electron chi connectivity index (χ4n) is 2.62. The third kappa shape index (κ3) is 4.98. The lowest BCUT2D eigenvalue weighted by Crippen LogP contribution is -2.11. The van der Waals surface area contributed by atoms with Gasteiger partial charge in [-0.1, -0.05) is 18.1 Å². The first-order valence-electron chi connectivity index (χ1n) is 9.33. The van der Waals surface area contributed by atoms with Crippen LogP contribution in [0.2, 0.25) is 0 Å². The Balaban J connectivity index is 1.78. The molecule has 0 radical (unpaired) electrons. The van der Waals surface area contributed by atoms with E-state index in [0.717, 1.165) is 27.3 Å². The molecule has 9 heteroatoms. The molecule has 0 aliphatic rings. The zero-order chi connectivity index (χ0) is 21.9. The van der Waals surface area contributed by atoms with Crippen molar-refractivity contribution in [1.29, 1.82) is 0 Å². The number of carbonyl (C=O) groups is 1. The molecule has 0 saturated heterocycles. The predicted molar refractivity (Wildman–Crippen MR) is 120 cm³/mol. The van der Waals surface area contributed by atoms with Gasteiger partial charge in [0.05, 0.1) is 0 Å². The largest absolute Gasteiger partial charge is 0.354 e. The van der Waals surface area contributed by atoms with Crippen LogP contribution in [-0.2, 0) is 14.8 Å². The molecule has 0 atom stereocenters. The molecule has 0 fully saturated rings. The summed E-state index contributed by atoms with van der Waals surface area (Å²) in [5, 5.41) is 6.64. The zero-order valence-corrected chi connectivity index (χ0v) is 18.8. The first-order chi connectivity index (χ1) is 14.2. The van der Waals surface area contributed by atoms with Gasteiger partial charge >= 0.3 is 0 Å². The van der Waals surface area contributed by atoms with Crippen LogP contribution in [0.4, 0.5) is 11.4 Å². The van der Waals surface area contributed by atoms with Gasteiger partial charge in [-0.3, -0.25) is 9.52 Å². The summed E-state index contributed by atoms with van der Waals surface area (Å²) >= 11 is 1.13. The summed E-state index contributed by atoms with van der Waals surface area (Å²) in [5.74, 6) is 0.262. The summed E-state index contributed by atoms with van der Waals surface area (Å²) in [4.78, 5) is 12.4. The van der Waals surface area contributed by atoms with E-state index in [2.05, 4.69) is 15.2 Å². The van der Waals surface area contributed by atoms with Gasteiger partial charge in [0.1, 0.15) is 15.6 Å². The summed E-state index contributed by atoms with van der Waals surface area (Å²) < 4.78 is 33.5. The van der Waals surface area contributed by atoms with Crippen LogP contribution in [0.5, 0.6) is 0 Å². The number of amides is 1. The molecule has 0 unspecified atom stereocenters. The Hall–Kier alpha value is -2.91. The smallest absolute Gasteiger partial charge is 0.271 e. The van der Waals surface area contributed by atoms with Crippen LogP contribution < -0.4 is 10.0 Å². The molecule has 7 nitrogen and oxygen atoms in total. The number of carbonyl (C=O) groups excluding carboxylic acids is 1. The van der Waals surface area contributed by atoms with Gasteiger partial charge in [-0.2, -0.15) is 0 Å². The second-order valence-electron chi connectivity index (χ2n) is 6.80. The van der Waals surface area contributed by atoms with Gasteiger partial charge in [-0.05, 0) is 68.3 Å². The Morgan fingerprint density at radius 2 is 1.90 bits per heavy atom. The Labute approximate surface area is 179 Å². The third-order valence-corrected chi connectivity index (χ3v) is 7.42. The second kappa shape index (κ2) is 8.85. The standard InChI is InChI=1S/C21H23N3O4S2/c1-5-19(25)22-21-15(4)23-28-18(21)10-8-17-9-11-20(29-17)30(26,27)24-16-7-6-13(2)14(3)12-16/h6-12,24H,5H2,1-4H3,(H,22,25)/b10-8+. The predicted octanol–water partition coefficient (Wildman–Crippen LogP) is 4.98. The normalized spacial score (nSPS) is 11.7. The Bertz CT molecular complexity index is 1210. The molecule has 0 aliphatic heterocycles. The molecule has 2 heterocycles. The molecule has 2 aromatic heterocycles. The fraction of sp³-hybridized carbons (Fsp3) is 0.238. The first kappa shape index (κ1) is 21.8. The summed E-state index contributed by atoms with van der Waals surface area (Å²) in [6.45, 7) is 7.40. The summed E-state index contributed by atoms with van der Waals surface area (Å²) in [6, 6.07) is 8.69. The van der Waals surface area contributed by atoms with E-state index >= 15 is 0 Å². The van der Waals surface area contributed by atoms with Crippen LogP contribution in [0.3, 0.4) is 0 Å². The van der Waals surface area contributed by atoms with Crippen LogP contribution in [0.25, 0.3) is 12.2 Å². The van der Waals surface area contributed by atoms with E-state index in [4.69, 9.17) is 4.52 Å². The highest BCUT2D eigenvalue weighted by Crippen LogP contribution is 2.28. The maximum absolute atomic E-state index is 12.7. The fourth-order valence-corrected chi connectivity index (χ4v) is 4.90. The maximum Gasteiger partial charge on any atom is 0.271 e. The molecule has 0 saturated carbocycles. The van der Waals surface area contributed by atoms with Crippen LogP contribution in [-0.4, -0.2) is 19.5 Å². The van der Waals surface area contributed by atoms with E-state index < -0.39 is 10.0 Å². The lowest BCUT2D eigenvalue weighted by atomic mass is 10.1. The summed E-state index contributed by atoms with van der Waals surface area (Å²) in [6.07, 6.45) is 3.72. The van der Waals surface area contributed by atoms with Gasteiger partial charge in [0.25, 0.3) is 10.0 Å². The molecular formula is C21H23N3O4S2. The number of rotatable bonds is 7. The Morgan fingerprint density at radius 1 is 1.13 bits per heavy atom. The van der Waals surface area contributed by atoms with E-state index in [-0.39, 0.29) is 10.1 Å². The third-order valence-electron chi connectivity index (χ3n) is 4.50. The average Bonchev–Trinajstić information content (AvgIpc) is 3.31. The van der Waals surface area contributed by atoms with E-state index in [9.17, 15) is 13.2 Å². The molecule has 3 rings (SSSR count). The maximum atomic E-state index is 12.7. The Morgan fingerprint density at radius 3 is 2.60 bits per heavy atom. The summed E-state index contributed by atoms with van der Waals surface area (Å²) in [5.41, 5.74) is 3.72. The lowest BCUT2D eigenvalue weighted by molar-refractivity contribution is -0.115. The minimum atomic E-state index is -3.69. The quantitative estimate of drug-likeness (QED) is 0.534. The second-order valence-corrected chi connectivity index (χ2v) is 9.83. The van der Waals surface area contributed by atoms with Gasteiger partial charge in [-0.25, -0.2) is 8.42 Å². The number of thiophene rings is 1. The topological polar surface area (TPSA) is 101 Å². The lowest BCUT2D eigenvalue weighted by Gasteiger charge is -2.08. The molecule has 158 valence electrons. The van der Waals surface area contributed by atoms with Gasteiger partial charge in [0.15, 0.2) is 5.76 Å². The number of aryl methyl sites for hydroxylation is 3. The Kier molecular flexibility index (Phi) is 6.42. The van der Waals surface area contributed by atoms with Crippen LogP contribution >= 0.6 is 11.3 Å². The van der Waals surface area contributed by atoms with Crippen molar-refractivity contribution < 1.29 is 17.7 Å². The molecular weight excluding hydrogens is 422 g/mol. The van der Waals surface area contributed by atoms with Crippen molar-refractivity contribution in [1.82, 2.24) is 5.16 Å². The molecule has 0 aliphatic carbocycles. The number of benzene rings is 1. The highest BCUT2D eigenvalue weighted by atomic mass is 32.2. The zero-order valence-electron chi connectivity index (χ0n) is 17.1. The van der Waals surface area contributed by atoms with E-state index in [1.807, 2.05) is 19.9 Å². The van der Waals surface area contributed by atoms with Gasteiger partial charge < -0.3 is 9.84 Å². The monoisotopic (exact) mass is 445 g/mol. The van der Waals surface area contributed by atoms with E-state index in [0.29, 0.717) is 29.2 Å². The number of hydrogen-bond acceptors (Lipinski definition) is 6. The molecule has 2 N–H and O–H groups in total. The van der Waals surface area contributed by atoms with Crippen molar-refractivity contribution in [3.63, 3.8) is 0 Å². The minimum absolute atomic E-state index is 0.141. The van der Waals surface area contributed by atoms with Crippen LogP contribution in [0, 0.1) is 20.8 Å².